The zero-order valence-corrected chi connectivity index (χ0v) is 24.0. The third kappa shape index (κ3) is 3.68. The van der Waals surface area contributed by atoms with Gasteiger partial charge in [0.1, 0.15) is 0 Å². The molecule has 2 aromatic carbocycles. The van der Waals surface area contributed by atoms with Crippen LogP contribution in [0.5, 0.6) is 0 Å². The first-order chi connectivity index (χ1) is 19.3. The molecule has 0 aliphatic carbocycles. The smallest absolute Gasteiger partial charge is 0.209 e. The number of carbonyl (C=O) groups excluding carboxylic acids is 1. The number of rotatable bonds is 6. The first-order valence-electron chi connectivity index (χ1n) is 13.9. The summed E-state index contributed by atoms with van der Waals surface area (Å²) in [5.41, 5.74) is 10.9. The zero-order chi connectivity index (χ0) is 27.8. The summed E-state index contributed by atoms with van der Waals surface area (Å²) < 4.78 is 14.1. The number of hydrogen-bond donors (Lipinski definition) is 2. The molecule has 5 aliphatic rings. The molecule has 40 heavy (non-hydrogen) atoms. The Kier molecular flexibility index (Phi) is 6.03. The first-order valence-corrected chi connectivity index (χ1v) is 14.6. The molecule has 0 fully saturated rings. The predicted octanol–water partition coefficient (Wildman–Crippen LogP) is 5.29. The summed E-state index contributed by atoms with van der Waals surface area (Å²) in [7, 11) is 0. The molecule has 8 nitrogen and oxygen atoms in total. The van der Waals surface area contributed by atoms with Crippen LogP contribution < -0.4 is 10.2 Å². The molecule has 0 spiro atoms. The topological polar surface area (TPSA) is 83.3 Å². The highest BCUT2D eigenvalue weighted by Crippen LogP contribution is 2.54. The van der Waals surface area contributed by atoms with Gasteiger partial charge in [0.2, 0.25) is 12.1 Å². The molecule has 0 aromatic heterocycles. The Labute approximate surface area is 238 Å². The monoisotopic (exact) mass is 560 g/mol. The van der Waals surface area contributed by atoms with Gasteiger partial charge in [0.25, 0.3) is 0 Å². The predicted molar refractivity (Wildman–Crippen MR) is 153 cm³/mol. The van der Waals surface area contributed by atoms with Crippen LogP contribution in [0, 0.1) is 0 Å². The van der Waals surface area contributed by atoms with Crippen LogP contribution in [0.1, 0.15) is 57.2 Å². The highest BCUT2D eigenvalue weighted by molar-refractivity contribution is 7.94. The highest BCUT2D eigenvalue weighted by Gasteiger charge is 2.54. The fourth-order valence-electron chi connectivity index (χ4n) is 7.69. The van der Waals surface area contributed by atoms with Crippen LogP contribution in [0.15, 0.2) is 64.2 Å². The summed E-state index contributed by atoms with van der Waals surface area (Å²) >= 11 is 0.994. The lowest BCUT2D eigenvalue weighted by Crippen LogP contribution is -2.47. The summed E-state index contributed by atoms with van der Waals surface area (Å²) in [4.78, 5) is 14.2. The van der Waals surface area contributed by atoms with Gasteiger partial charge in [0.15, 0.2) is 12.3 Å². The molecular formula is C31H34N3O5S+. The van der Waals surface area contributed by atoms with Crippen molar-refractivity contribution in [2.24, 2.45) is 0 Å². The van der Waals surface area contributed by atoms with Gasteiger partial charge in [-0.25, -0.2) is 5.26 Å². The first kappa shape index (κ1) is 26.0. The maximum atomic E-state index is 10.9. The van der Waals surface area contributed by atoms with Crippen molar-refractivity contribution in [2.45, 2.75) is 75.0 Å². The Hall–Kier alpha value is -2.95. The van der Waals surface area contributed by atoms with Crippen LogP contribution >= 0.6 is 12.0 Å². The number of hydrogen-bond acceptors (Lipinski definition) is 7. The molecule has 208 valence electrons. The second kappa shape index (κ2) is 9.29. The lowest BCUT2D eigenvalue weighted by atomic mass is 9.73. The van der Waals surface area contributed by atoms with Gasteiger partial charge < -0.3 is 15.0 Å². The zero-order valence-electron chi connectivity index (χ0n) is 23.2. The second-order valence-corrected chi connectivity index (χ2v) is 13.0. The van der Waals surface area contributed by atoms with E-state index in [-0.39, 0.29) is 23.0 Å². The van der Waals surface area contributed by atoms with Crippen molar-refractivity contribution in [2.75, 3.05) is 18.0 Å². The third-order valence-electron chi connectivity index (χ3n) is 9.34. The summed E-state index contributed by atoms with van der Waals surface area (Å²) in [5.74, 6) is 0. The molecule has 2 aromatic rings. The quantitative estimate of drug-likeness (QED) is 0.163. The van der Waals surface area contributed by atoms with Gasteiger partial charge in [0, 0.05) is 64.0 Å². The number of ether oxygens (including phenoxy) is 1. The maximum absolute atomic E-state index is 10.9. The number of carbonyl (C=O) groups is 1. The molecule has 1 amide bonds. The molecule has 2 atom stereocenters. The Morgan fingerprint density at radius 2 is 1.98 bits per heavy atom. The van der Waals surface area contributed by atoms with E-state index in [1.807, 2.05) is 6.07 Å². The van der Waals surface area contributed by atoms with Crippen molar-refractivity contribution in [1.82, 2.24) is 5.32 Å². The molecule has 5 heterocycles. The van der Waals surface area contributed by atoms with Crippen molar-refractivity contribution in [3.8, 4) is 0 Å². The van der Waals surface area contributed by atoms with E-state index in [9.17, 15) is 4.79 Å². The summed E-state index contributed by atoms with van der Waals surface area (Å²) in [6.45, 7) is 11.6. The molecule has 9 heteroatoms. The molecule has 0 radical (unpaired) electrons. The SMILES string of the molecule is CC1(C)C2=C3C=C4C5=[N+](CCC4OC3CCN2c2ccc(SOOO)cc21)c1ccc(CNC=O)cc1C5(C)C. The van der Waals surface area contributed by atoms with Crippen molar-refractivity contribution in [3.05, 3.63) is 76.0 Å². The van der Waals surface area contributed by atoms with E-state index in [2.05, 4.69) is 83.9 Å². The Morgan fingerprint density at radius 1 is 1.12 bits per heavy atom. The third-order valence-corrected chi connectivity index (χ3v) is 9.92. The van der Waals surface area contributed by atoms with E-state index in [1.54, 1.807) is 0 Å². The van der Waals surface area contributed by atoms with E-state index in [0.29, 0.717) is 6.54 Å². The minimum Gasteiger partial charge on any atom is -0.365 e. The molecule has 0 saturated heterocycles. The molecule has 5 aliphatic heterocycles. The van der Waals surface area contributed by atoms with Crippen LogP contribution in [0.25, 0.3) is 0 Å². The van der Waals surface area contributed by atoms with Gasteiger partial charge in [-0.2, -0.15) is 4.58 Å². The van der Waals surface area contributed by atoms with Crippen LogP contribution in [-0.4, -0.2) is 47.3 Å². The minimum atomic E-state index is -0.235. The maximum Gasteiger partial charge on any atom is 0.209 e. The Bertz CT molecular complexity index is 1520. The van der Waals surface area contributed by atoms with Crippen molar-refractivity contribution >= 4 is 35.5 Å². The van der Waals surface area contributed by atoms with E-state index >= 15 is 0 Å². The summed E-state index contributed by atoms with van der Waals surface area (Å²) in [6, 6.07) is 12.8. The lowest BCUT2D eigenvalue weighted by molar-refractivity contribution is -0.445. The average molecular weight is 561 g/mol. The van der Waals surface area contributed by atoms with Gasteiger partial charge in [-0.15, -0.1) is 4.33 Å². The van der Waals surface area contributed by atoms with Crippen LogP contribution in [0.3, 0.4) is 0 Å². The number of benzene rings is 2. The minimum absolute atomic E-state index is 0.0774. The van der Waals surface area contributed by atoms with E-state index in [0.717, 1.165) is 54.8 Å². The highest BCUT2D eigenvalue weighted by atomic mass is 32.2. The van der Waals surface area contributed by atoms with E-state index in [1.165, 1.54) is 45.1 Å². The number of allylic oxidation sites excluding steroid dienone is 1. The standard InChI is InChI=1S/C31H33N3O5S/c1-30(2)22-13-18(16-32-17-35)5-7-24(22)33-11-9-26-20(28(30)33)15-21-27(37-26)10-12-34-25-8-6-19(40-39-38-36)14-23(25)31(3,4)29(21)34/h5-8,13-15,17,26-27H,9-12,16H2,1-4H3,(H-,32,35,36)/p+1. The number of nitrogens with zero attached hydrogens (tertiary/aromatic N) is 2. The van der Waals surface area contributed by atoms with Crippen LogP contribution in [-0.2, 0) is 36.3 Å². The van der Waals surface area contributed by atoms with Gasteiger partial charge in [-0.3, -0.25) is 4.79 Å². The molecule has 7 rings (SSSR count). The van der Waals surface area contributed by atoms with Gasteiger partial charge >= 0.3 is 0 Å². The van der Waals surface area contributed by atoms with Gasteiger partial charge in [0.05, 0.1) is 29.7 Å². The fourth-order valence-corrected chi connectivity index (χ4v) is 8.09. The van der Waals surface area contributed by atoms with Crippen LogP contribution in [0.4, 0.5) is 11.4 Å². The molecule has 0 saturated carbocycles. The summed E-state index contributed by atoms with van der Waals surface area (Å²) in [6.07, 6.45) is 5.28. The second-order valence-electron chi connectivity index (χ2n) is 12.3. The van der Waals surface area contributed by atoms with Crippen molar-refractivity contribution < 1.29 is 28.7 Å². The molecule has 2 N–H and O–H groups in total. The number of anilines is 1. The average Bonchev–Trinajstić information content (AvgIpc) is 3.33. The summed E-state index contributed by atoms with van der Waals surface area (Å²) in [5, 5.41) is 15.3. The number of amides is 1. The van der Waals surface area contributed by atoms with Gasteiger partial charge in [-0.05, 0) is 61.7 Å². The van der Waals surface area contributed by atoms with Crippen molar-refractivity contribution in [1.29, 1.82) is 0 Å². The molecular weight excluding hydrogens is 526 g/mol. The Morgan fingerprint density at radius 3 is 2.77 bits per heavy atom. The number of nitrogens with one attached hydrogen (secondary N) is 1. The largest absolute Gasteiger partial charge is 0.365 e. The fraction of sp³-hybridized carbons (Fsp3) is 0.419. The van der Waals surface area contributed by atoms with Gasteiger partial charge in [-0.1, -0.05) is 25.0 Å². The lowest BCUT2D eigenvalue weighted by Gasteiger charge is -2.42. The van der Waals surface area contributed by atoms with Crippen molar-refractivity contribution in [3.63, 3.8) is 0 Å². The Balaban J connectivity index is 1.33. The normalized spacial score (nSPS) is 24.9. The molecule has 2 unspecified atom stereocenters. The molecule has 0 bridgehead atoms. The van der Waals surface area contributed by atoms with E-state index in [4.69, 9.17) is 14.3 Å². The van der Waals surface area contributed by atoms with Crippen LogP contribution in [0.2, 0.25) is 0 Å². The van der Waals surface area contributed by atoms with E-state index < -0.39 is 0 Å². The number of fused-ring (bicyclic) bond motifs is 8.